The number of halogens is 5. The summed E-state index contributed by atoms with van der Waals surface area (Å²) >= 11 is 0.987. The van der Waals surface area contributed by atoms with E-state index in [2.05, 4.69) is 25.6 Å². The molecule has 29 heavy (non-hydrogen) atoms. The number of anilines is 1. The van der Waals surface area contributed by atoms with Crippen molar-refractivity contribution in [1.82, 2.24) is 20.6 Å². The highest BCUT2D eigenvalue weighted by atomic mass is 127. The molecular formula is C17H21F4IN6S. The van der Waals surface area contributed by atoms with E-state index in [-0.39, 0.29) is 35.8 Å². The third-order valence-electron chi connectivity index (χ3n) is 4.26. The van der Waals surface area contributed by atoms with E-state index in [1.807, 2.05) is 4.90 Å². The van der Waals surface area contributed by atoms with E-state index >= 15 is 0 Å². The van der Waals surface area contributed by atoms with Crippen molar-refractivity contribution in [2.75, 3.05) is 31.6 Å². The molecule has 0 bridgehead atoms. The van der Waals surface area contributed by atoms with E-state index in [1.165, 1.54) is 6.07 Å². The van der Waals surface area contributed by atoms with Crippen molar-refractivity contribution in [2.45, 2.75) is 25.1 Å². The van der Waals surface area contributed by atoms with Crippen molar-refractivity contribution >= 4 is 47.1 Å². The number of nitrogens with zero attached hydrogens (tertiary/aromatic N) is 4. The van der Waals surface area contributed by atoms with Crippen LogP contribution in [0.25, 0.3) is 0 Å². The van der Waals surface area contributed by atoms with Gasteiger partial charge in [0.15, 0.2) is 23.3 Å². The average molecular weight is 544 g/mol. The first-order valence-electron chi connectivity index (χ1n) is 8.71. The highest BCUT2D eigenvalue weighted by Gasteiger charge is 2.33. The summed E-state index contributed by atoms with van der Waals surface area (Å²) in [5, 5.41) is 7.76. The van der Waals surface area contributed by atoms with Crippen LogP contribution in [0.5, 0.6) is 0 Å². The van der Waals surface area contributed by atoms with Gasteiger partial charge in [0, 0.05) is 50.7 Å². The lowest BCUT2D eigenvalue weighted by atomic mass is 10.3. The number of aliphatic imine (C=N–C) groups is 1. The summed E-state index contributed by atoms with van der Waals surface area (Å²) in [6.45, 7) is 1.65. The summed E-state index contributed by atoms with van der Waals surface area (Å²) in [6.07, 6.45) is -1.71. The Bertz CT molecular complexity index is 828. The highest BCUT2D eigenvalue weighted by Crippen LogP contribution is 2.30. The number of guanidine groups is 1. The van der Waals surface area contributed by atoms with Gasteiger partial charge in [0.25, 0.3) is 0 Å². The van der Waals surface area contributed by atoms with Crippen molar-refractivity contribution in [2.24, 2.45) is 4.99 Å². The molecular weight excluding hydrogens is 523 g/mol. The molecule has 0 saturated carbocycles. The number of hydrogen-bond donors (Lipinski definition) is 2. The first-order chi connectivity index (χ1) is 13.4. The standard InChI is InChI=1S/C17H20F4N6S.HI/c1-22-16(24-7-4-14-26-13(10-28-14)17(19,20)21)25-11-5-8-27(9-11)15-12(18)3-2-6-23-15;/h2-3,6,10-11H,4-5,7-9H2,1H3,(H2,22,24,25);1H. The topological polar surface area (TPSA) is 65.4 Å². The Hall–Kier alpha value is -1.70. The minimum Gasteiger partial charge on any atom is -0.356 e. The predicted octanol–water partition coefficient (Wildman–Crippen LogP) is 3.30. The Kier molecular flexibility index (Phi) is 8.43. The fraction of sp³-hybridized carbons (Fsp3) is 0.471. The Labute approximate surface area is 186 Å². The van der Waals surface area contributed by atoms with Gasteiger partial charge in [-0.3, -0.25) is 4.99 Å². The summed E-state index contributed by atoms with van der Waals surface area (Å²) in [4.78, 5) is 13.7. The van der Waals surface area contributed by atoms with E-state index in [4.69, 9.17) is 0 Å². The molecule has 1 aliphatic heterocycles. The first kappa shape index (κ1) is 23.6. The molecule has 0 spiro atoms. The minimum atomic E-state index is -4.42. The van der Waals surface area contributed by atoms with Crippen molar-refractivity contribution in [3.8, 4) is 0 Å². The molecule has 2 aromatic heterocycles. The molecule has 0 aromatic carbocycles. The first-order valence-corrected chi connectivity index (χ1v) is 9.59. The second kappa shape index (κ2) is 10.4. The zero-order chi connectivity index (χ0) is 20.1. The van der Waals surface area contributed by atoms with Gasteiger partial charge in [-0.05, 0) is 18.6 Å². The lowest BCUT2D eigenvalue weighted by molar-refractivity contribution is -0.140. The molecule has 0 radical (unpaired) electrons. The average Bonchev–Trinajstić information content (AvgIpc) is 3.30. The summed E-state index contributed by atoms with van der Waals surface area (Å²) < 4.78 is 51.6. The van der Waals surface area contributed by atoms with Crippen molar-refractivity contribution in [3.05, 3.63) is 40.2 Å². The number of thiazole rings is 1. The molecule has 1 unspecified atom stereocenters. The normalized spacial score (nSPS) is 17.2. The van der Waals surface area contributed by atoms with Crippen LogP contribution < -0.4 is 15.5 Å². The molecule has 2 N–H and O–H groups in total. The fourth-order valence-corrected chi connectivity index (χ4v) is 3.72. The molecule has 0 amide bonds. The van der Waals surface area contributed by atoms with E-state index in [0.717, 1.165) is 23.1 Å². The quantitative estimate of drug-likeness (QED) is 0.262. The Morgan fingerprint density at radius 1 is 1.41 bits per heavy atom. The third kappa shape index (κ3) is 6.39. The van der Waals surface area contributed by atoms with Gasteiger partial charge < -0.3 is 15.5 Å². The molecule has 1 atom stereocenters. The van der Waals surface area contributed by atoms with Crippen LogP contribution in [0.15, 0.2) is 28.7 Å². The van der Waals surface area contributed by atoms with Gasteiger partial charge in [0.2, 0.25) is 0 Å². The van der Waals surface area contributed by atoms with Gasteiger partial charge in [-0.25, -0.2) is 14.4 Å². The minimum absolute atomic E-state index is 0. The summed E-state index contributed by atoms with van der Waals surface area (Å²) in [5.74, 6) is 0.521. The van der Waals surface area contributed by atoms with Gasteiger partial charge in [0.1, 0.15) is 0 Å². The van der Waals surface area contributed by atoms with Crippen molar-refractivity contribution < 1.29 is 17.6 Å². The van der Waals surface area contributed by atoms with Crippen LogP contribution in [0.2, 0.25) is 0 Å². The van der Waals surface area contributed by atoms with Crippen LogP contribution in [0.1, 0.15) is 17.1 Å². The van der Waals surface area contributed by atoms with E-state index in [1.54, 1.807) is 19.3 Å². The molecule has 2 aromatic rings. The smallest absolute Gasteiger partial charge is 0.356 e. The number of aromatic nitrogens is 2. The van der Waals surface area contributed by atoms with Crippen LogP contribution in [0, 0.1) is 5.82 Å². The van der Waals surface area contributed by atoms with Crippen LogP contribution in [0.4, 0.5) is 23.4 Å². The molecule has 3 heterocycles. The number of rotatable bonds is 5. The molecule has 1 fully saturated rings. The van der Waals surface area contributed by atoms with E-state index < -0.39 is 11.9 Å². The van der Waals surface area contributed by atoms with Gasteiger partial charge in [-0.15, -0.1) is 35.3 Å². The monoisotopic (exact) mass is 544 g/mol. The number of alkyl halides is 3. The van der Waals surface area contributed by atoms with E-state index in [9.17, 15) is 17.6 Å². The van der Waals surface area contributed by atoms with Gasteiger partial charge in [-0.1, -0.05) is 0 Å². The molecule has 0 aliphatic carbocycles. The summed E-state index contributed by atoms with van der Waals surface area (Å²) in [6, 6.07) is 2.99. The largest absolute Gasteiger partial charge is 0.434 e. The van der Waals surface area contributed by atoms with Gasteiger partial charge in [-0.2, -0.15) is 13.2 Å². The SMILES string of the molecule is CN=C(NCCc1nc(C(F)(F)F)cs1)NC1CCN(c2ncccc2F)C1.I. The van der Waals surface area contributed by atoms with Crippen LogP contribution in [-0.4, -0.2) is 48.7 Å². The molecule has 6 nitrogen and oxygen atoms in total. The Morgan fingerprint density at radius 3 is 2.86 bits per heavy atom. The Morgan fingerprint density at radius 2 is 2.21 bits per heavy atom. The fourth-order valence-electron chi connectivity index (χ4n) is 2.91. The van der Waals surface area contributed by atoms with E-state index in [0.29, 0.717) is 42.8 Å². The number of nitrogens with one attached hydrogen (secondary N) is 2. The maximum absolute atomic E-state index is 13.9. The highest BCUT2D eigenvalue weighted by molar-refractivity contribution is 14.0. The molecule has 12 heteroatoms. The molecule has 160 valence electrons. The number of pyridine rings is 1. The molecule has 1 aliphatic rings. The third-order valence-corrected chi connectivity index (χ3v) is 5.17. The molecule has 3 rings (SSSR count). The summed E-state index contributed by atoms with van der Waals surface area (Å²) in [7, 11) is 1.62. The van der Waals surface area contributed by atoms with Crippen LogP contribution in [-0.2, 0) is 12.6 Å². The zero-order valence-corrected chi connectivity index (χ0v) is 18.7. The molecule has 1 saturated heterocycles. The lowest BCUT2D eigenvalue weighted by Crippen LogP contribution is -2.45. The maximum atomic E-state index is 13.9. The maximum Gasteiger partial charge on any atom is 0.434 e. The van der Waals surface area contributed by atoms with Crippen molar-refractivity contribution in [1.29, 1.82) is 0 Å². The zero-order valence-electron chi connectivity index (χ0n) is 15.5. The number of hydrogen-bond acceptors (Lipinski definition) is 5. The summed E-state index contributed by atoms with van der Waals surface area (Å²) in [5.41, 5.74) is -0.859. The van der Waals surface area contributed by atoms with Crippen LogP contribution in [0.3, 0.4) is 0 Å². The second-order valence-electron chi connectivity index (χ2n) is 6.26. The van der Waals surface area contributed by atoms with Crippen molar-refractivity contribution in [3.63, 3.8) is 0 Å². The second-order valence-corrected chi connectivity index (χ2v) is 7.20. The lowest BCUT2D eigenvalue weighted by Gasteiger charge is -2.19. The van der Waals surface area contributed by atoms with Crippen LogP contribution >= 0.6 is 35.3 Å². The Balaban J connectivity index is 0.00000300. The predicted molar refractivity (Wildman–Crippen MR) is 116 cm³/mol. The van der Waals surface area contributed by atoms with Gasteiger partial charge in [0.05, 0.1) is 5.01 Å². The van der Waals surface area contributed by atoms with Gasteiger partial charge >= 0.3 is 6.18 Å².